The van der Waals surface area contributed by atoms with Gasteiger partial charge in [0.05, 0.1) is 66.6 Å². The van der Waals surface area contributed by atoms with E-state index >= 15 is 0 Å². The molecule has 5 N–H and O–H groups in total. The van der Waals surface area contributed by atoms with Crippen molar-refractivity contribution in [2.24, 2.45) is 28.8 Å². The van der Waals surface area contributed by atoms with Gasteiger partial charge in [0.1, 0.15) is 23.9 Å². The molecule has 0 saturated carbocycles. The number of nitrogens with zero attached hydrogens (tertiary/aromatic N) is 2. The zero-order chi connectivity index (χ0) is 43.9. The molecule has 3 rings (SSSR count). The molecule has 3 fully saturated rings. The van der Waals surface area contributed by atoms with E-state index in [1.807, 2.05) is 32.8 Å². The molecule has 0 amide bonds. The van der Waals surface area contributed by atoms with Crippen LogP contribution in [-0.2, 0) is 47.5 Å². The van der Waals surface area contributed by atoms with Crippen molar-refractivity contribution in [3.8, 4) is 0 Å². The third kappa shape index (κ3) is 12.1. The first kappa shape index (κ1) is 50.8. The minimum atomic E-state index is -1.97. The van der Waals surface area contributed by atoms with E-state index in [2.05, 4.69) is 5.16 Å². The molecule has 0 aromatic rings. The Morgan fingerprint density at radius 2 is 1.55 bits per heavy atom. The molecule has 17 heteroatoms. The molecule has 0 bridgehead atoms. The minimum absolute atomic E-state index is 0.0307. The van der Waals surface area contributed by atoms with E-state index in [1.54, 1.807) is 55.6 Å². The summed E-state index contributed by atoms with van der Waals surface area (Å²) < 4.78 is 48.1. The molecule has 0 aliphatic carbocycles. The van der Waals surface area contributed by atoms with Gasteiger partial charge in [-0.05, 0) is 74.9 Å². The number of likely N-dealkylation sites (N-methyl/N-ethyl adjacent to an activating group) is 1. The molecular weight excluding hydrogens is 760 g/mol. The molecule has 58 heavy (non-hydrogen) atoms. The van der Waals surface area contributed by atoms with Crippen molar-refractivity contribution in [3.63, 3.8) is 0 Å². The third-order valence-corrected chi connectivity index (χ3v) is 12.6. The molecule has 0 unspecified atom stereocenters. The number of methoxy groups -OCH3 is 2. The summed E-state index contributed by atoms with van der Waals surface area (Å²) in [6.45, 7) is 17.3. The highest BCUT2D eigenvalue weighted by atomic mass is 16.7. The third-order valence-electron chi connectivity index (χ3n) is 12.6. The number of carbonyl (C=O) groups excluding carboxylic acids is 1. The Morgan fingerprint density at radius 1 is 0.897 bits per heavy atom. The molecule has 3 saturated heterocycles. The molecule has 3 aliphatic rings. The lowest BCUT2D eigenvalue weighted by Gasteiger charge is -2.49. The number of carbonyl (C=O) groups is 1. The summed E-state index contributed by atoms with van der Waals surface area (Å²) in [5.74, 6) is -4.14. The zero-order valence-corrected chi connectivity index (χ0v) is 37.3. The Labute approximate surface area is 345 Å². The number of ether oxygens (including phenoxy) is 8. The van der Waals surface area contributed by atoms with E-state index in [-0.39, 0.29) is 44.8 Å². The van der Waals surface area contributed by atoms with Crippen LogP contribution in [0.15, 0.2) is 5.16 Å². The first-order valence-electron chi connectivity index (χ1n) is 20.8. The molecule has 3 heterocycles. The Balaban J connectivity index is 2.22. The van der Waals surface area contributed by atoms with E-state index in [0.29, 0.717) is 18.7 Å². The fourth-order valence-electron chi connectivity index (χ4n) is 8.93. The van der Waals surface area contributed by atoms with Crippen LogP contribution in [0, 0.1) is 23.7 Å². The van der Waals surface area contributed by atoms with Crippen molar-refractivity contribution in [2.45, 2.75) is 179 Å². The van der Waals surface area contributed by atoms with Crippen molar-refractivity contribution in [3.05, 3.63) is 0 Å². The minimum Gasteiger partial charge on any atom is -0.459 e. The zero-order valence-electron chi connectivity index (χ0n) is 37.3. The summed E-state index contributed by atoms with van der Waals surface area (Å²) in [7, 11) is 6.76. The standard InChI is InChI=1S/C41H76N2O15/c1-15-29-41(10,49)34(45)24(4)31(42-53-21-52-17-16-50-13)22(2)19-39(8,48)36(58-38-32(44)28(43(11)12)18-23(3)54-38)25(5)33(26(6)37(47)56-29)57-30-20-40(9,51-14)35(46)27(7)55-30/h22-30,32-36,38,44-46,48-49H,15-21H2,1-14H3/b42-31-/t22-,23-,24+,25-,26-,27+,28+,29-,30+,32-,33+,34+,35+,36-,38+,39-,40-,41-/m1/s1. The van der Waals surface area contributed by atoms with Crippen LogP contribution in [0.5, 0.6) is 0 Å². The summed E-state index contributed by atoms with van der Waals surface area (Å²) >= 11 is 0. The smallest absolute Gasteiger partial charge is 0.311 e. The van der Waals surface area contributed by atoms with Gasteiger partial charge in [-0.2, -0.15) is 0 Å². The molecule has 18 atom stereocenters. The molecule has 17 nitrogen and oxygen atoms in total. The van der Waals surface area contributed by atoms with Gasteiger partial charge in [0.2, 0.25) is 6.79 Å². The number of esters is 1. The van der Waals surface area contributed by atoms with Crippen LogP contribution < -0.4 is 0 Å². The molecule has 340 valence electrons. The number of rotatable bonds is 13. The van der Waals surface area contributed by atoms with Crippen LogP contribution in [0.1, 0.15) is 94.9 Å². The maximum Gasteiger partial charge on any atom is 0.311 e. The van der Waals surface area contributed by atoms with Gasteiger partial charge in [-0.15, -0.1) is 0 Å². The summed E-state index contributed by atoms with van der Waals surface area (Å²) in [5, 5.41) is 63.6. The van der Waals surface area contributed by atoms with E-state index in [4.69, 9.17) is 42.7 Å². The topological polar surface area (TPSA) is 217 Å². The number of aliphatic hydroxyl groups excluding tert-OH is 3. The fourth-order valence-corrected chi connectivity index (χ4v) is 8.93. The van der Waals surface area contributed by atoms with Crippen molar-refractivity contribution in [2.75, 3.05) is 48.3 Å². The highest BCUT2D eigenvalue weighted by molar-refractivity contribution is 5.88. The van der Waals surface area contributed by atoms with Gasteiger partial charge < -0.3 is 73.2 Å². The number of hydrogen-bond donors (Lipinski definition) is 5. The van der Waals surface area contributed by atoms with Crippen molar-refractivity contribution < 1.29 is 73.1 Å². The maximum atomic E-state index is 14.3. The Hall–Kier alpha value is -1.58. The average Bonchev–Trinajstić information content (AvgIpc) is 3.15. The van der Waals surface area contributed by atoms with E-state index < -0.39 is 102 Å². The van der Waals surface area contributed by atoms with E-state index in [1.165, 1.54) is 14.0 Å². The first-order chi connectivity index (χ1) is 27.0. The van der Waals surface area contributed by atoms with Crippen LogP contribution in [0.25, 0.3) is 0 Å². The lowest BCUT2D eigenvalue weighted by molar-refractivity contribution is -0.317. The monoisotopic (exact) mass is 837 g/mol. The van der Waals surface area contributed by atoms with Crippen LogP contribution in [0.3, 0.4) is 0 Å². The SMILES string of the molecule is CC[C@H]1OC(=O)[C@H](C)[C@@H](O[C@H]2C[C@@](C)(OC)[C@@H](O)[C@H](C)O2)[C@@H](C)[C@@H](O[C@@H]2O[C@H](C)C[C@H](N(C)C)[C@H]2O)[C@](C)(O)C[C@@H](C)/C(=N/OCOCCOC)[C@H](C)[C@H](O)[C@]1(C)O. The molecule has 0 aromatic carbocycles. The first-order valence-corrected chi connectivity index (χ1v) is 20.8. The largest absolute Gasteiger partial charge is 0.459 e. The lowest BCUT2D eigenvalue weighted by Crippen LogP contribution is -2.61. The van der Waals surface area contributed by atoms with Gasteiger partial charge in [-0.1, -0.05) is 32.9 Å². The Bertz CT molecular complexity index is 1300. The Kier molecular flexibility index (Phi) is 18.8. The van der Waals surface area contributed by atoms with Crippen LogP contribution in [0.4, 0.5) is 0 Å². The Morgan fingerprint density at radius 3 is 2.14 bits per heavy atom. The van der Waals surface area contributed by atoms with Gasteiger partial charge in [0, 0.05) is 44.4 Å². The van der Waals surface area contributed by atoms with Gasteiger partial charge in [-0.3, -0.25) is 4.79 Å². The van der Waals surface area contributed by atoms with E-state index in [0.717, 1.165) is 0 Å². The second kappa shape index (κ2) is 21.5. The number of cyclic esters (lactones) is 1. The van der Waals surface area contributed by atoms with Crippen molar-refractivity contribution in [1.82, 2.24) is 4.90 Å². The second-order valence-corrected chi connectivity index (χ2v) is 17.7. The highest BCUT2D eigenvalue weighted by Gasteiger charge is 2.53. The van der Waals surface area contributed by atoms with Crippen LogP contribution in [-0.4, -0.2) is 175 Å². The average molecular weight is 837 g/mol. The second-order valence-electron chi connectivity index (χ2n) is 17.7. The molecule has 0 radical (unpaired) electrons. The molecule has 0 aromatic heterocycles. The number of hydrogen-bond acceptors (Lipinski definition) is 17. The van der Waals surface area contributed by atoms with Gasteiger partial charge in [0.15, 0.2) is 12.6 Å². The number of oxime groups is 1. The van der Waals surface area contributed by atoms with Gasteiger partial charge in [-0.25, -0.2) is 0 Å². The highest BCUT2D eigenvalue weighted by Crippen LogP contribution is 2.41. The molecule has 0 spiro atoms. The van der Waals surface area contributed by atoms with Crippen LogP contribution in [0.2, 0.25) is 0 Å². The quantitative estimate of drug-likeness (QED) is 0.0778. The molecule has 3 aliphatic heterocycles. The summed E-state index contributed by atoms with van der Waals surface area (Å²) in [6.07, 6.45) is -9.49. The lowest BCUT2D eigenvalue weighted by atomic mass is 9.73. The predicted molar refractivity (Wildman–Crippen MR) is 212 cm³/mol. The van der Waals surface area contributed by atoms with Gasteiger partial charge in [0.25, 0.3) is 0 Å². The van der Waals surface area contributed by atoms with Crippen LogP contribution >= 0.6 is 0 Å². The van der Waals surface area contributed by atoms with E-state index in [9.17, 15) is 30.3 Å². The fraction of sp³-hybridized carbons (Fsp3) is 0.951. The summed E-state index contributed by atoms with van der Waals surface area (Å²) in [6, 6.07) is -0.328. The maximum absolute atomic E-state index is 14.3. The normalized spacial score (nSPS) is 45.8. The van der Waals surface area contributed by atoms with Crippen molar-refractivity contribution in [1.29, 1.82) is 0 Å². The molecular formula is C41H76N2O15. The predicted octanol–water partition coefficient (Wildman–Crippen LogP) is 2.21. The van der Waals surface area contributed by atoms with Gasteiger partial charge >= 0.3 is 5.97 Å². The summed E-state index contributed by atoms with van der Waals surface area (Å²) in [4.78, 5) is 21.8. The number of aliphatic hydroxyl groups is 5. The summed E-state index contributed by atoms with van der Waals surface area (Å²) in [5.41, 5.74) is -4.49. The van der Waals surface area contributed by atoms with Crippen molar-refractivity contribution >= 4 is 11.7 Å².